The Balaban J connectivity index is 1.67. The molecule has 0 aromatic heterocycles. The van der Waals surface area contributed by atoms with Crippen LogP contribution in [0, 0.1) is 29.6 Å². The van der Waals surface area contributed by atoms with Crippen LogP contribution in [-0.2, 0) is 0 Å². The Kier molecular flexibility index (Phi) is 32.3. The van der Waals surface area contributed by atoms with Crippen LogP contribution in [0.1, 0.15) is 238 Å². The van der Waals surface area contributed by atoms with Crippen molar-refractivity contribution in [3.8, 4) is 23.7 Å². The van der Waals surface area contributed by atoms with Crippen LogP contribution in [0.2, 0.25) is 0 Å². The van der Waals surface area contributed by atoms with Gasteiger partial charge in [-0.05, 0) is 30.6 Å². The maximum absolute atomic E-state index is 3.28. The summed E-state index contributed by atoms with van der Waals surface area (Å²) in [6.07, 6.45) is 51.2. The Labute approximate surface area is 267 Å². The molecular formula is C42H76. The molecule has 0 aromatic carbocycles. The van der Waals surface area contributed by atoms with E-state index in [-0.39, 0.29) is 0 Å². The average Bonchev–Trinajstić information content (AvgIpc) is 2.98. The maximum Gasteiger partial charge on any atom is 0.00989 e. The van der Waals surface area contributed by atoms with Crippen molar-refractivity contribution in [3.63, 3.8) is 0 Å². The van der Waals surface area contributed by atoms with E-state index in [4.69, 9.17) is 0 Å². The van der Waals surface area contributed by atoms with Gasteiger partial charge in [0.15, 0.2) is 0 Å². The summed E-state index contributed by atoms with van der Waals surface area (Å²) in [7, 11) is 0. The van der Waals surface area contributed by atoms with Crippen molar-refractivity contribution in [2.45, 2.75) is 238 Å². The van der Waals surface area contributed by atoms with Gasteiger partial charge in [-0.15, -0.1) is 0 Å². The van der Waals surface area contributed by atoms with E-state index in [1.807, 2.05) is 0 Å². The minimum absolute atomic E-state index is 1.04. The normalized spacial score (nSPS) is 12.9. The van der Waals surface area contributed by atoms with Crippen LogP contribution in [0.3, 0.4) is 0 Å². The highest BCUT2D eigenvalue weighted by Gasteiger charge is 2.15. The fourth-order valence-corrected chi connectivity index (χ4v) is 6.52. The molecule has 0 spiro atoms. The molecule has 0 aliphatic heterocycles. The summed E-state index contributed by atoms with van der Waals surface area (Å²) < 4.78 is 0. The Morgan fingerprint density at radius 2 is 0.643 bits per heavy atom. The summed E-state index contributed by atoms with van der Waals surface area (Å²) in [6.45, 7) is 2.30. The van der Waals surface area contributed by atoms with Gasteiger partial charge in [-0.1, -0.05) is 224 Å². The van der Waals surface area contributed by atoms with Crippen molar-refractivity contribution in [2.75, 3.05) is 0 Å². The predicted molar refractivity (Wildman–Crippen MR) is 191 cm³/mol. The van der Waals surface area contributed by atoms with E-state index in [0.717, 1.165) is 18.8 Å². The number of hydrogen-bond acceptors (Lipinski definition) is 0. The maximum atomic E-state index is 3.28. The van der Waals surface area contributed by atoms with Crippen LogP contribution in [0.25, 0.3) is 0 Å². The molecule has 1 aliphatic carbocycles. The average molecular weight is 581 g/mol. The lowest BCUT2D eigenvalue weighted by atomic mass is 9.81. The molecule has 0 radical (unpaired) electrons. The smallest absolute Gasteiger partial charge is 0.00989 e. The summed E-state index contributed by atoms with van der Waals surface area (Å²) in [4.78, 5) is 0. The third-order valence-electron chi connectivity index (χ3n) is 9.78. The van der Waals surface area contributed by atoms with Crippen LogP contribution in [0.5, 0.6) is 0 Å². The first-order chi connectivity index (χ1) is 20.9. The van der Waals surface area contributed by atoms with Crippen molar-refractivity contribution in [1.29, 1.82) is 0 Å². The van der Waals surface area contributed by atoms with Gasteiger partial charge in [0.2, 0.25) is 0 Å². The molecule has 0 nitrogen and oxygen atoms in total. The quantitative estimate of drug-likeness (QED) is 0.0548. The largest absolute Gasteiger partial charge is 0.0891 e. The van der Waals surface area contributed by atoms with Crippen molar-refractivity contribution in [2.24, 2.45) is 5.92 Å². The molecule has 0 saturated heterocycles. The Morgan fingerprint density at radius 1 is 0.357 bits per heavy atom. The van der Waals surface area contributed by atoms with E-state index in [9.17, 15) is 0 Å². The van der Waals surface area contributed by atoms with Crippen molar-refractivity contribution in [3.05, 3.63) is 0 Å². The molecule has 0 N–H and O–H groups in total. The molecule has 42 heavy (non-hydrogen) atoms. The molecule has 1 rings (SSSR count). The van der Waals surface area contributed by atoms with Gasteiger partial charge in [0.05, 0.1) is 0 Å². The molecule has 1 fully saturated rings. The number of rotatable bonds is 32. The highest BCUT2D eigenvalue weighted by Crippen LogP contribution is 2.31. The van der Waals surface area contributed by atoms with Crippen LogP contribution in [0.4, 0.5) is 0 Å². The van der Waals surface area contributed by atoms with E-state index >= 15 is 0 Å². The lowest BCUT2D eigenvalue weighted by Crippen LogP contribution is -2.10. The Bertz CT molecular complexity index is 632. The topological polar surface area (TPSA) is 0 Å². The van der Waals surface area contributed by atoms with E-state index in [2.05, 4.69) is 30.6 Å². The Morgan fingerprint density at radius 3 is 0.929 bits per heavy atom. The van der Waals surface area contributed by atoms with E-state index in [1.54, 1.807) is 0 Å². The minimum Gasteiger partial charge on any atom is -0.0891 e. The summed E-state index contributed by atoms with van der Waals surface area (Å²) >= 11 is 0. The minimum atomic E-state index is 1.04. The molecule has 244 valence electrons. The Hall–Kier alpha value is -0.880. The second kappa shape index (κ2) is 34.6. The van der Waals surface area contributed by atoms with Crippen LogP contribution < -0.4 is 0 Å². The zero-order valence-corrected chi connectivity index (χ0v) is 29.0. The summed E-state index contributed by atoms with van der Waals surface area (Å²) in [5, 5.41) is 0. The fraction of sp³-hybridized carbons (Fsp3) is 0.905. The number of hydrogen-bond donors (Lipinski definition) is 0. The molecule has 0 heteroatoms. The van der Waals surface area contributed by atoms with Gasteiger partial charge in [-0.25, -0.2) is 0 Å². The van der Waals surface area contributed by atoms with E-state index in [0.29, 0.717) is 0 Å². The molecule has 0 aromatic rings. The van der Waals surface area contributed by atoms with Crippen molar-refractivity contribution in [1.82, 2.24) is 0 Å². The monoisotopic (exact) mass is 581 g/mol. The molecular weight excluding hydrogens is 504 g/mol. The second-order valence-corrected chi connectivity index (χ2v) is 13.9. The summed E-state index contributed by atoms with van der Waals surface area (Å²) in [6, 6.07) is 0. The predicted octanol–water partition coefficient (Wildman–Crippen LogP) is 14.7. The lowest BCUT2D eigenvalue weighted by molar-refractivity contribution is 0.286. The third kappa shape index (κ3) is 30.6. The highest BCUT2D eigenvalue weighted by molar-refractivity contribution is 5.25. The van der Waals surface area contributed by atoms with E-state index < -0.39 is 0 Å². The first-order valence-corrected chi connectivity index (χ1v) is 19.9. The molecule has 1 aliphatic rings. The van der Waals surface area contributed by atoms with Crippen LogP contribution in [0.15, 0.2) is 0 Å². The van der Waals surface area contributed by atoms with Crippen molar-refractivity contribution < 1.29 is 0 Å². The second-order valence-electron chi connectivity index (χ2n) is 13.9. The van der Waals surface area contributed by atoms with Crippen LogP contribution in [-0.4, -0.2) is 0 Å². The molecule has 0 amide bonds. The SMILES string of the molecule is CCCCCCCCCCCCCCCCCCCC#CC#CCCCCCCCCCCCCCCCC1CCC1. The lowest BCUT2D eigenvalue weighted by Gasteiger charge is -2.24. The zero-order chi connectivity index (χ0) is 29.9. The molecule has 0 atom stereocenters. The molecule has 0 bridgehead atoms. The highest BCUT2D eigenvalue weighted by atomic mass is 14.2. The third-order valence-corrected chi connectivity index (χ3v) is 9.78. The van der Waals surface area contributed by atoms with Gasteiger partial charge < -0.3 is 0 Å². The molecule has 0 heterocycles. The van der Waals surface area contributed by atoms with Gasteiger partial charge in [-0.3, -0.25) is 0 Å². The van der Waals surface area contributed by atoms with Crippen molar-refractivity contribution >= 4 is 0 Å². The van der Waals surface area contributed by atoms with Gasteiger partial charge >= 0.3 is 0 Å². The van der Waals surface area contributed by atoms with Crippen LogP contribution >= 0.6 is 0 Å². The van der Waals surface area contributed by atoms with Gasteiger partial charge in [0, 0.05) is 12.8 Å². The summed E-state index contributed by atoms with van der Waals surface area (Å²) in [5.74, 6) is 13.8. The molecule has 1 saturated carbocycles. The van der Waals surface area contributed by atoms with Gasteiger partial charge in [-0.2, -0.15) is 0 Å². The van der Waals surface area contributed by atoms with Gasteiger partial charge in [0.1, 0.15) is 0 Å². The number of unbranched alkanes of at least 4 members (excludes halogenated alkanes) is 30. The van der Waals surface area contributed by atoms with Gasteiger partial charge in [0.25, 0.3) is 0 Å². The fourth-order valence-electron chi connectivity index (χ4n) is 6.52. The summed E-state index contributed by atoms with van der Waals surface area (Å²) in [5.41, 5.74) is 0. The first-order valence-electron chi connectivity index (χ1n) is 19.9. The standard InChI is InChI=1S/C42H76/c1-2-3-4-5-6-7-8-9-10-11-12-13-14-15-16-17-18-19-20-21-22-23-24-25-26-27-28-29-30-31-32-33-34-35-36-37-39-42-40-38-41-42/h42H,2-19,24-41H2,1H3. The zero-order valence-electron chi connectivity index (χ0n) is 29.0. The first kappa shape index (κ1) is 39.1. The molecule has 0 unspecified atom stereocenters. The van der Waals surface area contributed by atoms with E-state index in [1.165, 1.54) is 218 Å².